The fourth-order valence-electron chi connectivity index (χ4n) is 2.91. The zero-order valence-electron chi connectivity index (χ0n) is 15.3. The summed E-state index contributed by atoms with van der Waals surface area (Å²) in [5, 5.41) is 3.99. The van der Waals surface area contributed by atoms with Crippen LogP contribution in [-0.2, 0) is 17.7 Å². The second-order valence-corrected chi connectivity index (χ2v) is 7.35. The monoisotopic (exact) mass is 375 g/mol. The van der Waals surface area contributed by atoms with E-state index in [1.54, 1.807) is 7.11 Å². The van der Waals surface area contributed by atoms with Crippen molar-refractivity contribution in [2.75, 3.05) is 40.0 Å². The molecule has 1 aliphatic rings. The third-order valence-corrected chi connectivity index (χ3v) is 5.48. The van der Waals surface area contributed by atoms with Gasteiger partial charge in [-0.2, -0.15) is 0 Å². The van der Waals surface area contributed by atoms with Crippen LogP contribution in [-0.4, -0.2) is 55.7 Å². The van der Waals surface area contributed by atoms with Gasteiger partial charge < -0.3 is 14.8 Å². The van der Waals surface area contributed by atoms with Crippen molar-refractivity contribution in [2.45, 2.75) is 19.9 Å². The van der Waals surface area contributed by atoms with Gasteiger partial charge in [0, 0.05) is 19.6 Å². The number of hydrogen-bond donors (Lipinski definition) is 1. The van der Waals surface area contributed by atoms with Gasteiger partial charge in [0.2, 0.25) is 0 Å². The summed E-state index contributed by atoms with van der Waals surface area (Å²) in [6.45, 7) is 6.63. The number of nitrogens with zero attached hydrogens (tertiary/aromatic N) is 2. The van der Waals surface area contributed by atoms with Gasteiger partial charge in [-0.25, -0.2) is 4.98 Å². The molecule has 0 spiro atoms. The molecule has 3 rings (SSSR count). The molecule has 2 heterocycles. The molecule has 0 unspecified atom stereocenters. The van der Waals surface area contributed by atoms with Gasteiger partial charge in [-0.05, 0) is 31.0 Å². The minimum Gasteiger partial charge on any atom is -0.497 e. The molecule has 1 aromatic heterocycles. The van der Waals surface area contributed by atoms with Crippen LogP contribution >= 0.6 is 11.3 Å². The third-order valence-electron chi connectivity index (χ3n) is 4.34. The molecule has 1 fully saturated rings. The lowest BCUT2D eigenvalue weighted by Crippen LogP contribution is -2.35. The minimum atomic E-state index is -0.0453. The number of hydrogen-bond acceptors (Lipinski definition) is 6. The normalized spacial score (nSPS) is 15.0. The average Bonchev–Trinajstić information content (AvgIpc) is 3.03. The number of rotatable bonds is 7. The Morgan fingerprint density at radius 1 is 1.38 bits per heavy atom. The molecule has 0 aliphatic carbocycles. The van der Waals surface area contributed by atoms with Gasteiger partial charge >= 0.3 is 0 Å². The van der Waals surface area contributed by atoms with Crippen LogP contribution in [0.3, 0.4) is 0 Å². The maximum absolute atomic E-state index is 12.5. The first-order chi connectivity index (χ1) is 12.7. The summed E-state index contributed by atoms with van der Waals surface area (Å²) in [6, 6.07) is 7.90. The molecule has 0 bridgehead atoms. The molecular weight excluding hydrogens is 350 g/mol. The molecule has 7 heteroatoms. The van der Waals surface area contributed by atoms with Crippen LogP contribution in [0, 0.1) is 6.92 Å². The zero-order chi connectivity index (χ0) is 18.4. The fourth-order valence-corrected chi connectivity index (χ4v) is 3.93. The van der Waals surface area contributed by atoms with E-state index in [2.05, 4.69) is 15.2 Å². The number of nitrogens with one attached hydrogen (secondary N) is 1. The van der Waals surface area contributed by atoms with E-state index in [0.29, 0.717) is 11.4 Å². The summed E-state index contributed by atoms with van der Waals surface area (Å²) in [7, 11) is 1.65. The van der Waals surface area contributed by atoms with E-state index in [0.717, 1.165) is 61.3 Å². The van der Waals surface area contributed by atoms with Crippen molar-refractivity contribution in [3.63, 3.8) is 0 Å². The quantitative estimate of drug-likeness (QED) is 0.804. The van der Waals surface area contributed by atoms with Gasteiger partial charge in [0.05, 0.1) is 32.6 Å². The Morgan fingerprint density at radius 2 is 2.19 bits per heavy atom. The Labute approximate surface area is 158 Å². The maximum Gasteiger partial charge on any atom is 0.263 e. The van der Waals surface area contributed by atoms with Crippen molar-refractivity contribution < 1.29 is 14.3 Å². The van der Waals surface area contributed by atoms with Crippen molar-refractivity contribution in [1.82, 2.24) is 15.2 Å². The van der Waals surface area contributed by atoms with Crippen molar-refractivity contribution in [2.24, 2.45) is 0 Å². The number of morpholine rings is 1. The number of benzene rings is 1. The highest BCUT2D eigenvalue weighted by Gasteiger charge is 2.18. The SMILES string of the molecule is COc1cccc(CCNC(=O)c2sc(CN3CCOCC3)nc2C)c1. The van der Waals surface area contributed by atoms with Gasteiger partial charge in [0.1, 0.15) is 15.6 Å². The van der Waals surface area contributed by atoms with E-state index in [4.69, 9.17) is 9.47 Å². The fraction of sp³-hybridized carbons (Fsp3) is 0.474. The third kappa shape index (κ3) is 5.03. The molecule has 1 amide bonds. The lowest BCUT2D eigenvalue weighted by atomic mass is 10.1. The Bertz CT molecular complexity index is 741. The highest BCUT2D eigenvalue weighted by atomic mass is 32.1. The second kappa shape index (κ2) is 9.12. The summed E-state index contributed by atoms with van der Waals surface area (Å²) >= 11 is 1.49. The molecule has 1 saturated heterocycles. The molecule has 26 heavy (non-hydrogen) atoms. The number of carbonyl (C=O) groups excluding carboxylic acids is 1. The maximum atomic E-state index is 12.5. The van der Waals surface area contributed by atoms with Crippen molar-refractivity contribution in [3.05, 3.63) is 45.4 Å². The van der Waals surface area contributed by atoms with E-state index in [-0.39, 0.29) is 5.91 Å². The summed E-state index contributed by atoms with van der Waals surface area (Å²) < 4.78 is 10.6. The number of carbonyl (C=O) groups is 1. The Morgan fingerprint density at radius 3 is 2.96 bits per heavy atom. The Hall–Kier alpha value is -1.96. The smallest absolute Gasteiger partial charge is 0.263 e. The van der Waals surface area contributed by atoms with Gasteiger partial charge in [-0.3, -0.25) is 9.69 Å². The van der Waals surface area contributed by atoms with Crippen LogP contribution in [0.15, 0.2) is 24.3 Å². The highest BCUT2D eigenvalue weighted by molar-refractivity contribution is 7.13. The average molecular weight is 375 g/mol. The number of thiazole rings is 1. The van der Waals surface area contributed by atoms with Gasteiger partial charge in [0.15, 0.2) is 0 Å². The standard InChI is InChI=1S/C19H25N3O3S/c1-14-18(26-17(21-14)13-22-8-10-25-11-9-22)19(23)20-7-6-15-4-3-5-16(12-15)24-2/h3-5,12H,6-11,13H2,1-2H3,(H,20,23). The molecule has 2 aromatic rings. The van der Waals surface area contributed by atoms with Crippen LogP contribution in [0.1, 0.15) is 25.9 Å². The molecule has 1 N–H and O–H groups in total. The predicted molar refractivity (Wildman–Crippen MR) is 102 cm³/mol. The van der Waals surface area contributed by atoms with Crippen LogP contribution in [0.25, 0.3) is 0 Å². The summed E-state index contributed by atoms with van der Waals surface area (Å²) in [5.74, 6) is 0.788. The summed E-state index contributed by atoms with van der Waals surface area (Å²) in [6.07, 6.45) is 0.765. The lowest BCUT2D eigenvalue weighted by molar-refractivity contribution is 0.0341. The molecule has 0 radical (unpaired) electrons. The first-order valence-electron chi connectivity index (χ1n) is 8.83. The Balaban J connectivity index is 1.52. The molecule has 1 aliphatic heterocycles. The summed E-state index contributed by atoms with van der Waals surface area (Å²) in [4.78, 5) is 20.1. The first kappa shape index (κ1) is 18.8. The highest BCUT2D eigenvalue weighted by Crippen LogP contribution is 2.20. The van der Waals surface area contributed by atoms with E-state index >= 15 is 0 Å². The molecule has 1 aromatic carbocycles. The van der Waals surface area contributed by atoms with Gasteiger partial charge in [-0.1, -0.05) is 12.1 Å². The second-order valence-electron chi connectivity index (χ2n) is 6.27. The molecule has 140 valence electrons. The lowest BCUT2D eigenvalue weighted by Gasteiger charge is -2.25. The van der Waals surface area contributed by atoms with Crippen LogP contribution in [0.2, 0.25) is 0 Å². The van der Waals surface area contributed by atoms with Crippen LogP contribution in [0.5, 0.6) is 5.75 Å². The van der Waals surface area contributed by atoms with Crippen molar-refractivity contribution in [3.8, 4) is 5.75 Å². The largest absolute Gasteiger partial charge is 0.497 e. The van der Waals surface area contributed by atoms with E-state index in [1.165, 1.54) is 11.3 Å². The first-order valence-corrected chi connectivity index (χ1v) is 9.65. The predicted octanol–water partition coefficient (Wildman–Crippen LogP) is 2.26. The molecular formula is C19H25N3O3S. The number of aromatic nitrogens is 1. The Kier molecular flexibility index (Phi) is 6.60. The van der Waals surface area contributed by atoms with Gasteiger partial charge in [-0.15, -0.1) is 11.3 Å². The van der Waals surface area contributed by atoms with Crippen molar-refractivity contribution >= 4 is 17.2 Å². The van der Waals surface area contributed by atoms with Crippen LogP contribution in [0.4, 0.5) is 0 Å². The van der Waals surface area contributed by atoms with E-state index in [1.807, 2.05) is 31.2 Å². The zero-order valence-corrected chi connectivity index (χ0v) is 16.1. The van der Waals surface area contributed by atoms with E-state index < -0.39 is 0 Å². The molecule has 6 nitrogen and oxygen atoms in total. The number of methoxy groups -OCH3 is 1. The molecule has 0 atom stereocenters. The number of amides is 1. The summed E-state index contributed by atoms with van der Waals surface area (Å²) in [5.41, 5.74) is 1.94. The number of ether oxygens (including phenoxy) is 2. The minimum absolute atomic E-state index is 0.0453. The topological polar surface area (TPSA) is 63.7 Å². The van der Waals surface area contributed by atoms with Crippen LogP contribution < -0.4 is 10.1 Å². The number of aryl methyl sites for hydroxylation is 1. The molecule has 0 saturated carbocycles. The van der Waals surface area contributed by atoms with E-state index in [9.17, 15) is 4.79 Å². The van der Waals surface area contributed by atoms with Crippen molar-refractivity contribution in [1.29, 1.82) is 0 Å². The van der Waals surface area contributed by atoms with Gasteiger partial charge in [0.25, 0.3) is 5.91 Å².